The third-order valence-electron chi connectivity index (χ3n) is 4.67. The average molecular weight is 462 g/mol. The quantitative estimate of drug-likeness (QED) is 0.295. The molecule has 0 bridgehead atoms. The van der Waals surface area contributed by atoms with E-state index in [0.29, 0.717) is 0 Å². The molecular formula is C24H18N2O8. The van der Waals surface area contributed by atoms with Crippen molar-refractivity contribution in [2.24, 2.45) is 0 Å². The van der Waals surface area contributed by atoms with E-state index in [9.17, 15) is 24.6 Å². The van der Waals surface area contributed by atoms with E-state index in [1.165, 1.54) is 42.7 Å². The number of carbonyl (C=O) groups is 2. The van der Waals surface area contributed by atoms with Crippen molar-refractivity contribution in [3.63, 3.8) is 0 Å². The van der Waals surface area contributed by atoms with Gasteiger partial charge in [-0.2, -0.15) is 0 Å². The van der Waals surface area contributed by atoms with Crippen LogP contribution in [-0.4, -0.2) is 33.9 Å². The number of nitrogens with zero attached hydrogens (tertiary/aromatic N) is 1. The second kappa shape index (κ2) is 9.33. The standard InChI is InChI=1S/C24H18N2O8/c1-2-32-24(31)26-17-10-15(33-23(30)13-4-3-7-25-12-13)5-6-16(17)20-11-19(29)22-18(28)8-14(27)9-21(22)34-20/h3-12,27-28H,2H2,1H3,(H,26,31). The molecule has 0 saturated heterocycles. The van der Waals surface area contributed by atoms with Crippen molar-refractivity contribution in [2.45, 2.75) is 6.92 Å². The summed E-state index contributed by atoms with van der Waals surface area (Å²) in [5, 5.41) is 22.2. The number of aromatic hydroxyl groups is 2. The van der Waals surface area contributed by atoms with Gasteiger partial charge in [-0.1, -0.05) is 0 Å². The third-order valence-corrected chi connectivity index (χ3v) is 4.67. The highest BCUT2D eigenvalue weighted by molar-refractivity contribution is 5.94. The fourth-order valence-electron chi connectivity index (χ4n) is 3.22. The molecule has 0 spiro atoms. The molecule has 2 heterocycles. The van der Waals surface area contributed by atoms with Crippen LogP contribution < -0.4 is 15.5 Å². The number of hydrogen-bond donors (Lipinski definition) is 3. The van der Waals surface area contributed by atoms with Crippen LogP contribution in [0.5, 0.6) is 17.2 Å². The molecule has 2 aromatic carbocycles. The van der Waals surface area contributed by atoms with Gasteiger partial charge in [-0.25, -0.2) is 9.59 Å². The molecule has 34 heavy (non-hydrogen) atoms. The highest BCUT2D eigenvalue weighted by atomic mass is 16.5. The van der Waals surface area contributed by atoms with Gasteiger partial charge < -0.3 is 24.1 Å². The number of nitrogens with one attached hydrogen (secondary N) is 1. The number of benzene rings is 2. The van der Waals surface area contributed by atoms with Crippen molar-refractivity contribution in [1.29, 1.82) is 0 Å². The van der Waals surface area contributed by atoms with Crippen molar-refractivity contribution in [2.75, 3.05) is 11.9 Å². The van der Waals surface area contributed by atoms with Crippen molar-refractivity contribution in [1.82, 2.24) is 4.98 Å². The minimum atomic E-state index is -0.780. The minimum Gasteiger partial charge on any atom is -0.508 e. The number of phenolic OH excluding ortho intramolecular Hbond substituents is 2. The molecule has 0 unspecified atom stereocenters. The first-order valence-electron chi connectivity index (χ1n) is 10.1. The molecule has 0 aliphatic carbocycles. The Labute approximate surface area is 192 Å². The normalized spacial score (nSPS) is 10.6. The van der Waals surface area contributed by atoms with Crippen molar-refractivity contribution in [3.8, 4) is 28.6 Å². The number of amides is 1. The number of carbonyl (C=O) groups excluding carboxylic acids is 2. The van der Waals surface area contributed by atoms with E-state index < -0.39 is 23.2 Å². The number of aromatic nitrogens is 1. The molecule has 0 aliphatic rings. The first-order chi connectivity index (χ1) is 16.4. The lowest BCUT2D eigenvalue weighted by Crippen LogP contribution is -2.15. The monoisotopic (exact) mass is 462 g/mol. The van der Waals surface area contributed by atoms with E-state index in [4.69, 9.17) is 13.9 Å². The largest absolute Gasteiger partial charge is 0.508 e. The lowest BCUT2D eigenvalue weighted by atomic mass is 10.1. The predicted octanol–water partition coefficient (Wildman–Crippen LogP) is 4.05. The van der Waals surface area contributed by atoms with Gasteiger partial charge in [-0.05, 0) is 31.2 Å². The third kappa shape index (κ3) is 4.65. The van der Waals surface area contributed by atoms with Crippen LogP contribution in [0.3, 0.4) is 0 Å². The van der Waals surface area contributed by atoms with Crippen molar-refractivity contribution >= 4 is 28.7 Å². The Morgan fingerprint density at radius 2 is 1.94 bits per heavy atom. The maximum absolute atomic E-state index is 12.6. The molecule has 4 aromatic rings. The molecule has 3 N–H and O–H groups in total. The lowest BCUT2D eigenvalue weighted by Gasteiger charge is -2.13. The molecule has 0 aliphatic heterocycles. The fourth-order valence-corrected chi connectivity index (χ4v) is 3.22. The maximum atomic E-state index is 12.6. The number of phenols is 2. The van der Waals surface area contributed by atoms with Gasteiger partial charge in [-0.15, -0.1) is 0 Å². The molecule has 0 fully saturated rings. The predicted molar refractivity (Wildman–Crippen MR) is 121 cm³/mol. The number of anilines is 1. The van der Waals surface area contributed by atoms with Gasteiger partial charge in [0.2, 0.25) is 0 Å². The van der Waals surface area contributed by atoms with Crippen LogP contribution in [0, 0.1) is 0 Å². The highest BCUT2D eigenvalue weighted by Gasteiger charge is 2.18. The number of hydrogen-bond acceptors (Lipinski definition) is 9. The summed E-state index contributed by atoms with van der Waals surface area (Å²) in [6.45, 7) is 1.74. The summed E-state index contributed by atoms with van der Waals surface area (Å²) in [6, 6.07) is 10.8. The van der Waals surface area contributed by atoms with Crippen LogP contribution in [0.1, 0.15) is 17.3 Å². The van der Waals surface area contributed by atoms with E-state index in [2.05, 4.69) is 10.3 Å². The second-order valence-electron chi connectivity index (χ2n) is 7.00. The Hall–Kier alpha value is -4.86. The zero-order valence-corrected chi connectivity index (χ0v) is 17.8. The van der Waals surface area contributed by atoms with E-state index in [1.54, 1.807) is 13.0 Å². The Morgan fingerprint density at radius 1 is 1.12 bits per heavy atom. The van der Waals surface area contributed by atoms with E-state index in [1.807, 2.05) is 0 Å². The Kier molecular flexibility index (Phi) is 6.13. The van der Waals surface area contributed by atoms with Crippen LogP contribution in [0.25, 0.3) is 22.3 Å². The van der Waals surface area contributed by atoms with Crippen LogP contribution in [0.4, 0.5) is 10.5 Å². The summed E-state index contributed by atoms with van der Waals surface area (Å²) in [5.74, 6) is -1.26. The molecule has 10 nitrogen and oxygen atoms in total. The Morgan fingerprint density at radius 3 is 2.68 bits per heavy atom. The number of ether oxygens (including phenoxy) is 2. The summed E-state index contributed by atoms with van der Waals surface area (Å²) in [6.07, 6.45) is 2.09. The number of pyridine rings is 1. The summed E-state index contributed by atoms with van der Waals surface area (Å²) >= 11 is 0. The molecule has 1 amide bonds. The van der Waals surface area contributed by atoms with E-state index in [-0.39, 0.29) is 51.6 Å². The van der Waals surface area contributed by atoms with Gasteiger partial charge in [0.05, 0.1) is 17.9 Å². The zero-order chi connectivity index (χ0) is 24.2. The van der Waals surface area contributed by atoms with Gasteiger partial charge in [0.25, 0.3) is 0 Å². The molecular weight excluding hydrogens is 444 g/mol. The summed E-state index contributed by atoms with van der Waals surface area (Å²) in [4.78, 5) is 41.0. The summed E-state index contributed by atoms with van der Waals surface area (Å²) in [5.41, 5.74) is -0.0124. The van der Waals surface area contributed by atoms with Gasteiger partial charge in [0.1, 0.15) is 34.0 Å². The minimum absolute atomic E-state index is 0.0273. The van der Waals surface area contributed by atoms with Gasteiger partial charge in [-0.3, -0.25) is 15.1 Å². The maximum Gasteiger partial charge on any atom is 0.411 e. The smallest absolute Gasteiger partial charge is 0.411 e. The Bertz CT molecular complexity index is 1450. The number of fused-ring (bicyclic) bond motifs is 1. The average Bonchev–Trinajstić information content (AvgIpc) is 2.79. The van der Waals surface area contributed by atoms with E-state index in [0.717, 1.165) is 12.1 Å². The highest BCUT2D eigenvalue weighted by Crippen LogP contribution is 2.35. The van der Waals surface area contributed by atoms with Crippen LogP contribution >= 0.6 is 0 Å². The topological polar surface area (TPSA) is 148 Å². The zero-order valence-electron chi connectivity index (χ0n) is 17.8. The van der Waals surface area contributed by atoms with Crippen molar-refractivity contribution < 1.29 is 33.7 Å². The SMILES string of the molecule is CCOC(=O)Nc1cc(OC(=O)c2cccnc2)ccc1-c1cc(=O)c2c(O)cc(O)cc2o1. The molecule has 2 aromatic heterocycles. The van der Waals surface area contributed by atoms with Crippen LogP contribution in [0.15, 0.2) is 70.1 Å². The fraction of sp³-hybridized carbons (Fsp3) is 0.0833. The summed E-state index contributed by atoms with van der Waals surface area (Å²) < 4.78 is 16.0. The molecule has 0 atom stereocenters. The van der Waals surface area contributed by atoms with Crippen LogP contribution in [0.2, 0.25) is 0 Å². The van der Waals surface area contributed by atoms with E-state index >= 15 is 0 Å². The summed E-state index contributed by atoms with van der Waals surface area (Å²) in [7, 11) is 0. The van der Waals surface area contributed by atoms with Gasteiger partial charge in [0, 0.05) is 42.2 Å². The van der Waals surface area contributed by atoms with Crippen molar-refractivity contribution in [3.05, 3.63) is 76.7 Å². The molecule has 172 valence electrons. The molecule has 4 rings (SSSR count). The first-order valence-corrected chi connectivity index (χ1v) is 10.1. The van der Waals surface area contributed by atoms with Gasteiger partial charge >= 0.3 is 12.1 Å². The second-order valence-corrected chi connectivity index (χ2v) is 7.00. The number of esters is 1. The Balaban J connectivity index is 1.78. The molecule has 0 saturated carbocycles. The molecule has 10 heteroatoms. The molecule has 0 radical (unpaired) electrons. The first kappa shape index (κ1) is 22.3. The van der Waals surface area contributed by atoms with Gasteiger partial charge in [0.15, 0.2) is 5.43 Å². The number of rotatable bonds is 5. The lowest BCUT2D eigenvalue weighted by molar-refractivity contribution is 0.0734. The van der Waals surface area contributed by atoms with Crippen LogP contribution in [-0.2, 0) is 4.74 Å².